The highest BCUT2D eigenvalue weighted by atomic mass is 35.5. The number of hydrogen-bond acceptors (Lipinski definition) is 4. The van der Waals surface area contributed by atoms with E-state index in [1.165, 1.54) is 4.68 Å². The van der Waals surface area contributed by atoms with Gasteiger partial charge in [0.15, 0.2) is 0 Å². The molecule has 0 bridgehead atoms. The van der Waals surface area contributed by atoms with Crippen molar-refractivity contribution in [2.24, 2.45) is 0 Å². The Kier molecular flexibility index (Phi) is 7.30. The molecule has 1 aliphatic heterocycles. The highest BCUT2D eigenvalue weighted by Gasteiger charge is 2.10. The lowest BCUT2D eigenvalue weighted by Gasteiger charge is -2.26. The fraction of sp³-hybridized carbons (Fsp3) is 0.750. The predicted molar refractivity (Wildman–Crippen MR) is 74.1 cm³/mol. The number of ether oxygens (including phenoxy) is 1. The molecule has 0 amide bonds. The lowest BCUT2D eigenvalue weighted by atomic mass is 10.3. The Bertz CT molecular complexity index is 369. The molecule has 2 rings (SSSR count). The van der Waals surface area contributed by atoms with Gasteiger partial charge in [-0.1, -0.05) is 0 Å². The lowest BCUT2D eigenvalue weighted by Crippen LogP contribution is -2.40. The zero-order valence-corrected chi connectivity index (χ0v) is 12.1. The lowest BCUT2D eigenvalue weighted by molar-refractivity contribution is 0.0384. The molecule has 0 radical (unpaired) electrons. The Labute approximate surface area is 119 Å². The Morgan fingerprint density at radius 3 is 2.79 bits per heavy atom. The number of aryl methyl sites for hydroxylation is 1. The van der Waals surface area contributed by atoms with Crippen LogP contribution in [0.4, 0.5) is 4.39 Å². The van der Waals surface area contributed by atoms with E-state index in [1.807, 2.05) is 6.92 Å². The van der Waals surface area contributed by atoms with E-state index >= 15 is 0 Å². The summed E-state index contributed by atoms with van der Waals surface area (Å²) in [6.07, 6.45) is 1.60. The third kappa shape index (κ3) is 4.72. The molecule has 2 heterocycles. The third-order valence-corrected chi connectivity index (χ3v) is 3.17. The second-order valence-corrected chi connectivity index (χ2v) is 4.41. The first-order chi connectivity index (χ1) is 8.81. The predicted octanol–water partition coefficient (Wildman–Crippen LogP) is 0.886. The maximum atomic E-state index is 13.6. The van der Waals surface area contributed by atoms with Crippen LogP contribution < -0.4 is 5.32 Å². The summed E-state index contributed by atoms with van der Waals surface area (Å²) in [4.78, 5) is 2.35. The molecule has 19 heavy (non-hydrogen) atoms. The van der Waals surface area contributed by atoms with E-state index in [2.05, 4.69) is 15.3 Å². The number of rotatable bonds is 6. The van der Waals surface area contributed by atoms with Gasteiger partial charge in [0.05, 0.1) is 19.4 Å². The van der Waals surface area contributed by atoms with Gasteiger partial charge < -0.3 is 10.1 Å². The molecule has 1 aromatic rings. The molecule has 1 N–H and O–H groups in total. The van der Waals surface area contributed by atoms with Crippen LogP contribution in [0.1, 0.15) is 12.5 Å². The van der Waals surface area contributed by atoms with Crippen LogP contribution in [0.3, 0.4) is 0 Å². The third-order valence-electron chi connectivity index (χ3n) is 3.17. The number of morpholine rings is 1. The van der Waals surface area contributed by atoms with Crippen molar-refractivity contribution in [2.45, 2.75) is 20.0 Å². The summed E-state index contributed by atoms with van der Waals surface area (Å²) in [5, 5.41) is 7.23. The standard InChI is InChI=1S/C12H21FN4O.ClH/c1-2-17-12(13)11(10-15-17)9-14-3-4-16-5-7-18-8-6-16;/h10,14H,2-9H2,1H3;1H. The Morgan fingerprint density at radius 2 is 2.16 bits per heavy atom. The van der Waals surface area contributed by atoms with Crippen molar-refractivity contribution >= 4 is 12.4 Å². The minimum absolute atomic E-state index is 0. The summed E-state index contributed by atoms with van der Waals surface area (Å²) in [6.45, 7) is 8.44. The highest BCUT2D eigenvalue weighted by Crippen LogP contribution is 2.05. The Hall–Kier alpha value is -0.690. The van der Waals surface area contributed by atoms with E-state index in [4.69, 9.17) is 4.74 Å². The monoisotopic (exact) mass is 292 g/mol. The first-order valence-corrected chi connectivity index (χ1v) is 6.52. The van der Waals surface area contributed by atoms with Crippen LogP contribution in [-0.2, 0) is 17.8 Å². The molecule has 0 aromatic carbocycles. The van der Waals surface area contributed by atoms with Crippen molar-refractivity contribution in [3.05, 3.63) is 17.7 Å². The maximum absolute atomic E-state index is 13.6. The first kappa shape index (κ1) is 16.4. The SMILES string of the molecule is CCn1ncc(CNCCN2CCOCC2)c1F.Cl. The van der Waals surface area contributed by atoms with Crippen LogP contribution in [0.2, 0.25) is 0 Å². The van der Waals surface area contributed by atoms with Crippen LogP contribution in [0, 0.1) is 5.95 Å². The van der Waals surface area contributed by atoms with Gasteiger partial charge in [-0.25, -0.2) is 4.68 Å². The van der Waals surface area contributed by atoms with Crippen LogP contribution >= 0.6 is 12.4 Å². The molecule has 1 fully saturated rings. The van der Waals surface area contributed by atoms with E-state index in [1.54, 1.807) is 6.20 Å². The van der Waals surface area contributed by atoms with Crippen molar-refractivity contribution in [2.75, 3.05) is 39.4 Å². The highest BCUT2D eigenvalue weighted by molar-refractivity contribution is 5.85. The summed E-state index contributed by atoms with van der Waals surface area (Å²) >= 11 is 0. The summed E-state index contributed by atoms with van der Waals surface area (Å²) in [5.41, 5.74) is 0.638. The van der Waals surface area contributed by atoms with Crippen molar-refractivity contribution in [3.8, 4) is 0 Å². The van der Waals surface area contributed by atoms with Crippen LogP contribution in [0.15, 0.2) is 6.20 Å². The van der Waals surface area contributed by atoms with E-state index in [-0.39, 0.29) is 18.4 Å². The molecule has 0 aliphatic carbocycles. The number of halogens is 2. The van der Waals surface area contributed by atoms with Crippen LogP contribution in [0.5, 0.6) is 0 Å². The fourth-order valence-electron chi connectivity index (χ4n) is 2.03. The quantitative estimate of drug-likeness (QED) is 0.791. The molecular formula is C12H22ClFN4O. The zero-order chi connectivity index (χ0) is 12.8. The molecule has 1 aliphatic rings. The molecule has 110 valence electrons. The molecule has 7 heteroatoms. The van der Waals surface area contributed by atoms with Crippen LogP contribution in [0.25, 0.3) is 0 Å². The van der Waals surface area contributed by atoms with E-state index < -0.39 is 0 Å². The van der Waals surface area contributed by atoms with E-state index in [9.17, 15) is 4.39 Å². The maximum Gasteiger partial charge on any atom is 0.215 e. The van der Waals surface area contributed by atoms with Crippen molar-refractivity contribution in [1.29, 1.82) is 0 Å². The average Bonchev–Trinajstić information content (AvgIpc) is 2.77. The fourth-order valence-corrected chi connectivity index (χ4v) is 2.03. The largest absolute Gasteiger partial charge is 0.379 e. The van der Waals surface area contributed by atoms with Gasteiger partial charge in [0.2, 0.25) is 5.95 Å². The second-order valence-electron chi connectivity index (χ2n) is 4.41. The Balaban J connectivity index is 0.00000180. The minimum Gasteiger partial charge on any atom is -0.379 e. The second kappa shape index (κ2) is 8.47. The molecular weight excluding hydrogens is 271 g/mol. The van der Waals surface area contributed by atoms with Crippen molar-refractivity contribution < 1.29 is 9.13 Å². The minimum atomic E-state index is -0.226. The average molecular weight is 293 g/mol. The summed E-state index contributed by atoms with van der Waals surface area (Å²) < 4.78 is 20.3. The number of aromatic nitrogens is 2. The van der Waals surface area contributed by atoms with Gasteiger partial charge in [-0.05, 0) is 6.92 Å². The zero-order valence-electron chi connectivity index (χ0n) is 11.3. The van der Waals surface area contributed by atoms with Crippen molar-refractivity contribution in [3.63, 3.8) is 0 Å². The molecule has 5 nitrogen and oxygen atoms in total. The van der Waals surface area contributed by atoms with Gasteiger partial charge in [-0.3, -0.25) is 4.90 Å². The van der Waals surface area contributed by atoms with Gasteiger partial charge in [0, 0.05) is 44.8 Å². The Morgan fingerprint density at radius 1 is 1.42 bits per heavy atom. The normalized spacial score (nSPS) is 16.3. The van der Waals surface area contributed by atoms with Gasteiger partial charge in [0.1, 0.15) is 0 Å². The number of nitrogens with zero attached hydrogens (tertiary/aromatic N) is 3. The van der Waals surface area contributed by atoms with Gasteiger partial charge in [-0.15, -0.1) is 12.4 Å². The summed E-state index contributed by atoms with van der Waals surface area (Å²) in [7, 11) is 0. The van der Waals surface area contributed by atoms with E-state index in [0.29, 0.717) is 18.7 Å². The van der Waals surface area contributed by atoms with Gasteiger partial charge in [0.25, 0.3) is 0 Å². The van der Waals surface area contributed by atoms with Crippen molar-refractivity contribution in [1.82, 2.24) is 20.0 Å². The first-order valence-electron chi connectivity index (χ1n) is 6.52. The number of nitrogens with one attached hydrogen (secondary N) is 1. The number of hydrogen-bond donors (Lipinski definition) is 1. The molecule has 0 spiro atoms. The summed E-state index contributed by atoms with van der Waals surface area (Å²) in [5.74, 6) is -0.226. The van der Waals surface area contributed by atoms with Gasteiger partial charge in [-0.2, -0.15) is 9.49 Å². The molecule has 1 saturated heterocycles. The molecule has 0 unspecified atom stereocenters. The van der Waals surface area contributed by atoms with E-state index in [0.717, 1.165) is 39.4 Å². The topological polar surface area (TPSA) is 42.3 Å². The van der Waals surface area contributed by atoms with Crippen LogP contribution in [-0.4, -0.2) is 54.1 Å². The smallest absolute Gasteiger partial charge is 0.215 e. The molecule has 1 aromatic heterocycles. The summed E-state index contributed by atoms with van der Waals surface area (Å²) in [6, 6.07) is 0. The molecule has 0 atom stereocenters. The molecule has 0 saturated carbocycles. The van der Waals surface area contributed by atoms with Gasteiger partial charge >= 0.3 is 0 Å².